The standard InChI is InChI=1S/C15H17FN4O/c1-20(2)10-5-3-4-9(6-10)19-14-7-11(15(18)21)13(17)8-12(14)16/h3-8,19H,17H2,1-2H3,(H2,18,21). The molecule has 0 radical (unpaired) electrons. The number of rotatable bonds is 4. The van der Waals surface area contributed by atoms with Gasteiger partial charge in [0.15, 0.2) is 0 Å². The van der Waals surface area contributed by atoms with Gasteiger partial charge < -0.3 is 21.7 Å². The predicted octanol–water partition coefficient (Wildman–Crippen LogP) is 2.32. The molecule has 2 aromatic carbocycles. The molecule has 0 bridgehead atoms. The van der Waals surface area contributed by atoms with E-state index in [1.54, 1.807) is 6.07 Å². The fourth-order valence-corrected chi connectivity index (χ4v) is 1.92. The fourth-order valence-electron chi connectivity index (χ4n) is 1.92. The van der Waals surface area contributed by atoms with Crippen LogP contribution in [0, 0.1) is 5.82 Å². The number of hydrogen-bond donors (Lipinski definition) is 3. The van der Waals surface area contributed by atoms with Crippen molar-refractivity contribution in [1.82, 2.24) is 0 Å². The van der Waals surface area contributed by atoms with E-state index < -0.39 is 11.7 Å². The summed E-state index contributed by atoms with van der Waals surface area (Å²) in [7, 11) is 3.82. The minimum atomic E-state index is -0.697. The van der Waals surface area contributed by atoms with Gasteiger partial charge in [-0.1, -0.05) is 6.07 Å². The molecule has 0 saturated carbocycles. The first-order chi connectivity index (χ1) is 9.88. The summed E-state index contributed by atoms with van der Waals surface area (Å²) in [5, 5.41) is 2.92. The van der Waals surface area contributed by atoms with E-state index in [9.17, 15) is 9.18 Å². The van der Waals surface area contributed by atoms with Gasteiger partial charge in [-0.05, 0) is 30.3 Å². The molecule has 0 heterocycles. The van der Waals surface area contributed by atoms with Crippen molar-refractivity contribution in [2.75, 3.05) is 30.0 Å². The van der Waals surface area contributed by atoms with Gasteiger partial charge in [0, 0.05) is 31.2 Å². The van der Waals surface area contributed by atoms with Crippen LogP contribution in [0.15, 0.2) is 36.4 Å². The molecule has 2 aromatic rings. The van der Waals surface area contributed by atoms with Crippen LogP contribution in [-0.2, 0) is 0 Å². The lowest BCUT2D eigenvalue weighted by molar-refractivity contribution is 0.100. The third-order valence-electron chi connectivity index (χ3n) is 3.05. The average Bonchev–Trinajstić information content (AvgIpc) is 2.41. The van der Waals surface area contributed by atoms with Gasteiger partial charge >= 0.3 is 0 Å². The molecule has 0 aliphatic carbocycles. The number of nitrogens with two attached hydrogens (primary N) is 2. The Morgan fingerprint density at radius 2 is 1.95 bits per heavy atom. The zero-order valence-corrected chi connectivity index (χ0v) is 11.9. The van der Waals surface area contributed by atoms with E-state index in [1.165, 1.54) is 6.07 Å². The van der Waals surface area contributed by atoms with Gasteiger partial charge in [-0.15, -0.1) is 0 Å². The Hall–Kier alpha value is -2.76. The van der Waals surface area contributed by atoms with Gasteiger partial charge in [-0.2, -0.15) is 0 Å². The quantitative estimate of drug-likeness (QED) is 0.754. The lowest BCUT2D eigenvalue weighted by Gasteiger charge is -2.15. The van der Waals surface area contributed by atoms with E-state index >= 15 is 0 Å². The number of hydrogen-bond acceptors (Lipinski definition) is 4. The van der Waals surface area contributed by atoms with E-state index in [2.05, 4.69) is 5.32 Å². The number of carbonyl (C=O) groups is 1. The topological polar surface area (TPSA) is 84.4 Å². The van der Waals surface area contributed by atoms with Crippen molar-refractivity contribution in [3.8, 4) is 0 Å². The summed E-state index contributed by atoms with van der Waals surface area (Å²) >= 11 is 0. The van der Waals surface area contributed by atoms with E-state index in [0.717, 1.165) is 11.8 Å². The summed E-state index contributed by atoms with van der Waals surface area (Å²) in [5.74, 6) is -1.25. The molecule has 0 atom stereocenters. The van der Waals surface area contributed by atoms with Crippen molar-refractivity contribution in [2.24, 2.45) is 5.73 Å². The van der Waals surface area contributed by atoms with E-state index in [1.807, 2.05) is 37.2 Å². The van der Waals surface area contributed by atoms with Crippen molar-refractivity contribution < 1.29 is 9.18 Å². The molecule has 0 fully saturated rings. The normalized spacial score (nSPS) is 10.2. The van der Waals surface area contributed by atoms with Crippen molar-refractivity contribution in [3.63, 3.8) is 0 Å². The smallest absolute Gasteiger partial charge is 0.250 e. The SMILES string of the molecule is CN(C)c1cccc(Nc2cc(C(N)=O)c(N)cc2F)c1. The first-order valence-corrected chi connectivity index (χ1v) is 6.31. The van der Waals surface area contributed by atoms with Crippen LogP contribution in [0.4, 0.5) is 27.1 Å². The van der Waals surface area contributed by atoms with Crippen molar-refractivity contribution >= 4 is 28.7 Å². The monoisotopic (exact) mass is 288 g/mol. The van der Waals surface area contributed by atoms with E-state index in [0.29, 0.717) is 5.69 Å². The first kappa shape index (κ1) is 14.6. The molecule has 1 amide bonds. The maximum absolute atomic E-state index is 13.9. The Kier molecular flexibility index (Phi) is 3.98. The van der Waals surface area contributed by atoms with Crippen LogP contribution in [-0.4, -0.2) is 20.0 Å². The lowest BCUT2D eigenvalue weighted by Crippen LogP contribution is -2.14. The molecule has 0 spiro atoms. The maximum Gasteiger partial charge on any atom is 0.250 e. The van der Waals surface area contributed by atoms with Crippen LogP contribution in [0.3, 0.4) is 0 Å². The Labute approximate surface area is 122 Å². The Balaban J connectivity index is 2.37. The second-order valence-electron chi connectivity index (χ2n) is 4.85. The average molecular weight is 288 g/mol. The van der Waals surface area contributed by atoms with Crippen LogP contribution in [0.5, 0.6) is 0 Å². The Morgan fingerprint density at radius 3 is 2.57 bits per heavy atom. The number of nitrogens with zero attached hydrogens (tertiary/aromatic N) is 1. The second kappa shape index (κ2) is 5.70. The zero-order chi connectivity index (χ0) is 15.6. The number of amides is 1. The highest BCUT2D eigenvalue weighted by Crippen LogP contribution is 2.26. The summed E-state index contributed by atoms with van der Waals surface area (Å²) in [4.78, 5) is 13.2. The number of halogens is 1. The highest BCUT2D eigenvalue weighted by atomic mass is 19.1. The third-order valence-corrected chi connectivity index (χ3v) is 3.05. The van der Waals surface area contributed by atoms with Gasteiger partial charge in [-0.3, -0.25) is 4.79 Å². The van der Waals surface area contributed by atoms with Crippen LogP contribution < -0.4 is 21.7 Å². The van der Waals surface area contributed by atoms with Gasteiger partial charge in [-0.25, -0.2) is 4.39 Å². The highest BCUT2D eigenvalue weighted by molar-refractivity contribution is 5.99. The molecule has 110 valence electrons. The second-order valence-corrected chi connectivity index (χ2v) is 4.85. The van der Waals surface area contributed by atoms with E-state index in [-0.39, 0.29) is 16.9 Å². The Bertz CT molecular complexity index is 685. The zero-order valence-electron chi connectivity index (χ0n) is 11.9. The molecule has 6 heteroatoms. The molecule has 5 N–H and O–H groups in total. The van der Waals surface area contributed by atoms with Crippen LogP contribution in [0.1, 0.15) is 10.4 Å². The molecular formula is C15H17FN4O. The van der Waals surface area contributed by atoms with E-state index in [4.69, 9.17) is 11.5 Å². The highest BCUT2D eigenvalue weighted by Gasteiger charge is 2.12. The minimum Gasteiger partial charge on any atom is -0.398 e. The van der Waals surface area contributed by atoms with Gasteiger partial charge in [0.05, 0.1) is 11.3 Å². The molecule has 5 nitrogen and oxygen atoms in total. The minimum absolute atomic E-state index is 0.0209. The summed E-state index contributed by atoms with van der Waals surface area (Å²) in [6.45, 7) is 0. The largest absolute Gasteiger partial charge is 0.398 e. The van der Waals surface area contributed by atoms with Gasteiger partial charge in [0.2, 0.25) is 0 Å². The molecular weight excluding hydrogens is 271 g/mol. The van der Waals surface area contributed by atoms with Crippen LogP contribution in [0.2, 0.25) is 0 Å². The summed E-state index contributed by atoms with van der Waals surface area (Å²) in [6, 6.07) is 9.83. The van der Waals surface area contributed by atoms with Crippen molar-refractivity contribution in [2.45, 2.75) is 0 Å². The number of nitrogens with one attached hydrogen (secondary N) is 1. The molecule has 0 saturated heterocycles. The lowest BCUT2D eigenvalue weighted by atomic mass is 10.1. The van der Waals surface area contributed by atoms with Crippen LogP contribution >= 0.6 is 0 Å². The third kappa shape index (κ3) is 3.22. The Morgan fingerprint density at radius 1 is 1.24 bits per heavy atom. The summed E-state index contributed by atoms with van der Waals surface area (Å²) < 4.78 is 13.9. The maximum atomic E-state index is 13.9. The molecule has 0 aliphatic heterocycles. The fraction of sp³-hybridized carbons (Fsp3) is 0.133. The number of nitrogen functional groups attached to an aromatic ring is 1. The van der Waals surface area contributed by atoms with Crippen LogP contribution in [0.25, 0.3) is 0 Å². The number of primary amides is 1. The summed E-state index contributed by atoms with van der Waals surface area (Å²) in [6.07, 6.45) is 0. The van der Waals surface area contributed by atoms with Gasteiger partial charge in [0.1, 0.15) is 5.82 Å². The number of anilines is 4. The molecule has 0 aromatic heterocycles. The summed E-state index contributed by atoms with van der Waals surface area (Å²) in [5.41, 5.74) is 12.7. The molecule has 21 heavy (non-hydrogen) atoms. The van der Waals surface area contributed by atoms with Crippen molar-refractivity contribution in [3.05, 3.63) is 47.8 Å². The first-order valence-electron chi connectivity index (χ1n) is 6.31. The molecule has 0 aliphatic rings. The van der Waals surface area contributed by atoms with Gasteiger partial charge in [0.25, 0.3) is 5.91 Å². The van der Waals surface area contributed by atoms with Crippen molar-refractivity contribution in [1.29, 1.82) is 0 Å². The molecule has 2 rings (SSSR count). The number of benzene rings is 2. The predicted molar refractivity (Wildman–Crippen MR) is 83.4 cm³/mol. The number of carbonyl (C=O) groups excluding carboxylic acids is 1. The molecule has 0 unspecified atom stereocenters.